The predicted molar refractivity (Wildman–Crippen MR) is 108 cm³/mol. The number of ether oxygens (including phenoxy) is 1. The lowest BCUT2D eigenvalue weighted by Gasteiger charge is -2.22. The first-order valence-corrected chi connectivity index (χ1v) is 9.38. The van der Waals surface area contributed by atoms with Crippen LogP contribution in [0.2, 0.25) is 0 Å². The Labute approximate surface area is 164 Å². The molecule has 2 aromatic carbocycles. The van der Waals surface area contributed by atoms with Crippen LogP contribution in [-0.4, -0.2) is 35.4 Å². The van der Waals surface area contributed by atoms with Crippen molar-refractivity contribution in [3.05, 3.63) is 63.7 Å². The fraction of sp³-hybridized carbons (Fsp3) is 0.381. The van der Waals surface area contributed by atoms with Crippen molar-refractivity contribution in [2.24, 2.45) is 0 Å². The van der Waals surface area contributed by atoms with Crippen molar-refractivity contribution < 1.29 is 14.5 Å². The Bertz CT molecular complexity index is 847. The molecule has 0 unspecified atom stereocenters. The van der Waals surface area contributed by atoms with Crippen molar-refractivity contribution in [1.29, 1.82) is 0 Å². The molecule has 28 heavy (non-hydrogen) atoms. The maximum absolute atomic E-state index is 12.4. The highest BCUT2D eigenvalue weighted by molar-refractivity contribution is 5.92. The van der Waals surface area contributed by atoms with Gasteiger partial charge in [0.1, 0.15) is 5.75 Å². The Morgan fingerprint density at radius 3 is 2.57 bits per heavy atom. The summed E-state index contributed by atoms with van der Waals surface area (Å²) in [5.74, 6) is 0.692. The van der Waals surface area contributed by atoms with Crippen LogP contribution in [0.3, 0.4) is 0 Å². The minimum atomic E-state index is -0.460. The molecule has 1 aliphatic carbocycles. The van der Waals surface area contributed by atoms with Crippen LogP contribution in [0.15, 0.2) is 42.5 Å². The highest BCUT2D eigenvalue weighted by Crippen LogP contribution is 2.29. The van der Waals surface area contributed by atoms with E-state index in [0.29, 0.717) is 24.7 Å². The first-order chi connectivity index (χ1) is 13.5. The number of methoxy groups -OCH3 is 1. The molecular formula is C21H25N3O4. The molecule has 1 saturated carbocycles. The van der Waals surface area contributed by atoms with E-state index in [4.69, 9.17) is 4.74 Å². The minimum absolute atomic E-state index is 0.0278. The lowest BCUT2D eigenvalue weighted by Crippen LogP contribution is -2.29. The van der Waals surface area contributed by atoms with Crippen LogP contribution in [0.25, 0.3) is 0 Å². The number of non-ortho nitro benzene ring substituents is 1. The molecule has 7 heteroatoms. The second-order valence-corrected chi connectivity index (χ2v) is 7.10. The number of amides is 1. The van der Waals surface area contributed by atoms with Gasteiger partial charge in [-0.1, -0.05) is 18.2 Å². The van der Waals surface area contributed by atoms with Gasteiger partial charge in [-0.15, -0.1) is 0 Å². The number of rotatable bonds is 9. The van der Waals surface area contributed by atoms with E-state index in [0.717, 1.165) is 30.7 Å². The smallest absolute Gasteiger partial charge is 0.271 e. The topological polar surface area (TPSA) is 84.7 Å². The molecule has 0 heterocycles. The second kappa shape index (κ2) is 8.84. The van der Waals surface area contributed by atoms with Gasteiger partial charge in [-0.25, -0.2) is 0 Å². The third kappa shape index (κ3) is 5.29. The quantitative estimate of drug-likeness (QED) is 0.524. The van der Waals surface area contributed by atoms with E-state index in [1.54, 1.807) is 13.2 Å². The molecule has 2 aromatic rings. The van der Waals surface area contributed by atoms with Crippen LogP contribution in [0.1, 0.15) is 30.4 Å². The van der Waals surface area contributed by atoms with Crippen LogP contribution in [-0.2, 0) is 11.3 Å². The third-order valence-electron chi connectivity index (χ3n) is 4.94. The molecular weight excluding hydrogens is 358 g/mol. The Morgan fingerprint density at radius 1 is 1.25 bits per heavy atom. The van der Waals surface area contributed by atoms with Gasteiger partial charge in [0.2, 0.25) is 5.91 Å². The van der Waals surface area contributed by atoms with Crippen LogP contribution < -0.4 is 10.1 Å². The van der Waals surface area contributed by atoms with Gasteiger partial charge in [-0.05, 0) is 43.0 Å². The molecule has 1 amide bonds. The molecule has 0 radical (unpaired) electrons. The second-order valence-electron chi connectivity index (χ2n) is 7.10. The molecule has 1 aliphatic rings. The lowest BCUT2D eigenvalue weighted by molar-refractivity contribution is -0.384. The normalized spacial score (nSPS) is 13.4. The molecule has 0 aliphatic heterocycles. The summed E-state index contributed by atoms with van der Waals surface area (Å²) in [6.07, 6.45) is 2.65. The lowest BCUT2D eigenvalue weighted by atomic mass is 10.1. The molecule has 0 bridgehead atoms. The zero-order valence-electron chi connectivity index (χ0n) is 16.2. The van der Waals surface area contributed by atoms with Gasteiger partial charge in [0.15, 0.2) is 0 Å². The Kier molecular flexibility index (Phi) is 6.26. The summed E-state index contributed by atoms with van der Waals surface area (Å²) < 4.78 is 5.19. The predicted octanol–water partition coefficient (Wildman–Crippen LogP) is 3.91. The van der Waals surface area contributed by atoms with Crippen LogP contribution in [0, 0.1) is 17.0 Å². The summed E-state index contributed by atoms with van der Waals surface area (Å²) >= 11 is 0. The van der Waals surface area contributed by atoms with Crippen LogP contribution >= 0.6 is 0 Å². The maximum atomic E-state index is 12.4. The summed E-state index contributed by atoms with van der Waals surface area (Å²) in [6.45, 7) is 3.26. The van der Waals surface area contributed by atoms with E-state index >= 15 is 0 Å². The third-order valence-corrected chi connectivity index (χ3v) is 4.94. The SMILES string of the molecule is COc1ccc(CN(CCC(=O)Nc2cc([N+](=O)[O-])ccc2C)C2CC2)cc1. The number of nitro benzene ring substituents is 1. The molecule has 1 fully saturated rings. The number of anilines is 1. The van der Waals surface area contributed by atoms with E-state index in [2.05, 4.69) is 10.2 Å². The minimum Gasteiger partial charge on any atom is -0.497 e. The highest BCUT2D eigenvalue weighted by Gasteiger charge is 2.29. The number of nitrogens with zero attached hydrogens (tertiary/aromatic N) is 2. The number of hydrogen-bond acceptors (Lipinski definition) is 5. The van der Waals surface area contributed by atoms with Gasteiger partial charge < -0.3 is 10.1 Å². The summed E-state index contributed by atoms with van der Waals surface area (Å²) in [7, 11) is 1.65. The first-order valence-electron chi connectivity index (χ1n) is 9.38. The number of hydrogen-bond donors (Lipinski definition) is 1. The van der Waals surface area contributed by atoms with Crippen LogP contribution in [0.4, 0.5) is 11.4 Å². The van der Waals surface area contributed by atoms with E-state index in [9.17, 15) is 14.9 Å². The number of nitrogens with one attached hydrogen (secondary N) is 1. The number of carbonyl (C=O) groups excluding carboxylic acids is 1. The highest BCUT2D eigenvalue weighted by atomic mass is 16.6. The molecule has 1 N–H and O–H groups in total. The largest absolute Gasteiger partial charge is 0.497 e. The van der Waals surface area contributed by atoms with Crippen molar-refractivity contribution in [2.75, 3.05) is 19.0 Å². The van der Waals surface area contributed by atoms with Gasteiger partial charge in [0.25, 0.3) is 5.69 Å². The standard InChI is InChI=1S/C21H25N3O4/c1-15-3-6-18(24(26)27)13-20(15)22-21(25)11-12-23(17-7-8-17)14-16-4-9-19(28-2)10-5-16/h3-6,9-10,13,17H,7-8,11-12,14H2,1-2H3,(H,22,25). The number of nitro groups is 1. The zero-order valence-corrected chi connectivity index (χ0v) is 16.2. The Hall–Kier alpha value is -2.93. The van der Waals surface area contributed by atoms with Crippen molar-refractivity contribution in [3.8, 4) is 5.75 Å². The zero-order chi connectivity index (χ0) is 20.1. The summed E-state index contributed by atoms with van der Waals surface area (Å²) in [5.41, 5.74) is 2.45. The average molecular weight is 383 g/mol. The van der Waals surface area contributed by atoms with Crippen molar-refractivity contribution in [3.63, 3.8) is 0 Å². The first kappa shape index (κ1) is 19.8. The maximum Gasteiger partial charge on any atom is 0.271 e. The Balaban J connectivity index is 1.57. The van der Waals surface area contributed by atoms with Gasteiger partial charge >= 0.3 is 0 Å². The number of carbonyl (C=O) groups is 1. The molecule has 0 atom stereocenters. The average Bonchev–Trinajstić information content (AvgIpc) is 3.52. The molecule has 7 nitrogen and oxygen atoms in total. The summed E-state index contributed by atoms with van der Waals surface area (Å²) in [6, 6.07) is 13.0. The van der Waals surface area contributed by atoms with Gasteiger partial charge in [-0.3, -0.25) is 19.8 Å². The number of aryl methyl sites for hydroxylation is 1. The van der Waals surface area contributed by atoms with E-state index in [1.807, 2.05) is 31.2 Å². The van der Waals surface area contributed by atoms with Crippen molar-refractivity contribution >= 4 is 17.3 Å². The molecule has 148 valence electrons. The van der Waals surface area contributed by atoms with Crippen LogP contribution in [0.5, 0.6) is 5.75 Å². The summed E-state index contributed by atoms with van der Waals surface area (Å²) in [5, 5.41) is 13.8. The molecule has 3 rings (SSSR count). The van der Waals surface area contributed by atoms with Gasteiger partial charge in [0, 0.05) is 37.7 Å². The fourth-order valence-corrected chi connectivity index (χ4v) is 3.11. The fourth-order valence-electron chi connectivity index (χ4n) is 3.11. The van der Waals surface area contributed by atoms with E-state index in [-0.39, 0.29) is 11.6 Å². The Morgan fingerprint density at radius 2 is 1.96 bits per heavy atom. The summed E-state index contributed by atoms with van der Waals surface area (Å²) in [4.78, 5) is 25.2. The van der Waals surface area contributed by atoms with Crippen molar-refractivity contribution in [2.45, 2.75) is 38.8 Å². The number of benzene rings is 2. The molecule has 0 aromatic heterocycles. The molecule has 0 saturated heterocycles. The monoisotopic (exact) mass is 383 g/mol. The van der Waals surface area contributed by atoms with Gasteiger partial charge in [0.05, 0.1) is 17.7 Å². The van der Waals surface area contributed by atoms with Gasteiger partial charge in [-0.2, -0.15) is 0 Å². The van der Waals surface area contributed by atoms with Crippen molar-refractivity contribution in [1.82, 2.24) is 4.90 Å². The molecule has 0 spiro atoms. The van der Waals surface area contributed by atoms with E-state index < -0.39 is 4.92 Å². The van der Waals surface area contributed by atoms with E-state index in [1.165, 1.54) is 17.7 Å².